The molecular formula is C44H58N2. The number of fused-ring (bicyclic) bond motifs is 9. The molecule has 2 heteroatoms. The topological polar surface area (TPSA) is 31.6 Å². The third-order valence-corrected chi connectivity index (χ3v) is 10.6. The second-order valence-corrected chi connectivity index (χ2v) is 14.2. The van der Waals surface area contributed by atoms with Crippen molar-refractivity contribution in [1.82, 2.24) is 9.97 Å². The number of nitrogens with one attached hydrogen (secondary N) is 2. The predicted octanol–water partition coefficient (Wildman–Crippen LogP) is 14.3. The van der Waals surface area contributed by atoms with Crippen LogP contribution < -0.4 is 0 Å². The maximum absolute atomic E-state index is 3.74. The molecule has 0 radical (unpaired) electrons. The van der Waals surface area contributed by atoms with E-state index in [1.165, 1.54) is 181 Å². The highest BCUT2D eigenvalue weighted by molar-refractivity contribution is 6.24. The summed E-state index contributed by atoms with van der Waals surface area (Å²) in [5.41, 5.74) is 5.31. The Morgan fingerprint density at radius 2 is 0.609 bits per heavy atom. The number of aromatic amines is 2. The number of H-pyrrole nitrogens is 2. The lowest BCUT2D eigenvalue weighted by atomic mass is 9.94. The van der Waals surface area contributed by atoms with E-state index >= 15 is 0 Å². The van der Waals surface area contributed by atoms with Crippen LogP contribution in [0.5, 0.6) is 0 Å². The zero-order valence-corrected chi connectivity index (χ0v) is 28.9. The summed E-state index contributed by atoms with van der Waals surface area (Å²) < 4.78 is 0. The van der Waals surface area contributed by atoms with Crippen LogP contribution in [0.1, 0.15) is 141 Å². The fourth-order valence-electron chi connectivity index (χ4n) is 7.90. The van der Waals surface area contributed by atoms with E-state index in [1.807, 2.05) is 0 Å². The van der Waals surface area contributed by atoms with Crippen molar-refractivity contribution in [1.29, 1.82) is 0 Å². The first kappa shape index (κ1) is 32.7. The smallest absolute Gasteiger partial charge is 0.0462 e. The first-order chi connectivity index (χ1) is 22.8. The average molecular weight is 615 g/mol. The van der Waals surface area contributed by atoms with Crippen LogP contribution in [0, 0.1) is 0 Å². The first-order valence-electron chi connectivity index (χ1n) is 19.2. The minimum absolute atomic E-state index is 1.15. The molecule has 0 saturated carbocycles. The van der Waals surface area contributed by atoms with Crippen LogP contribution in [0.25, 0.3) is 54.1 Å². The van der Waals surface area contributed by atoms with Gasteiger partial charge in [-0.25, -0.2) is 0 Å². The predicted molar refractivity (Wildman–Crippen MR) is 205 cm³/mol. The number of benzene rings is 4. The molecule has 0 spiro atoms. The molecule has 2 heterocycles. The number of aromatic nitrogens is 2. The third-order valence-electron chi connectivity index (χ3n) is 10.6. The fourth-order valence-corrected chi connectivity index (χ4v) is 7.90. The van der Waals surface area contributed by atoms with Gasteiger partial charge < -0.3 is 9.97 Å². The van der Waals surface area contributed by atoms with Crippen LogP contribution in [0.4, 0.5) is 0 Å². The first-order valence-corrected chi connectivity index (χ1v) is 19.2. The summed E-state index contributed by atoms with van der Waals surface area (Å²) in [5.74, 6) is 0. The molecule has 4 aromatic carbocycles. The second kappa shape index (κ2) is 16.5. The third kappa shape index (κ3) is 7.81. The van der Waals surface area contributed by atoms with Gasteiger partial charge in [-0.15, -0.1) is 0 Å². The molecule has 0 atom stereocenters. The van der Waals surface area contributed by atoms with Gasteiger partial charge in [0.15, 0.2) is 0 Å². The maximum Gasteiger partial charge on any atom is 0.0462 e. The Morgan fingerprint density at radius 1 is 0.326 bits per heavy atom. The standard InChI is InChI=1S/C44H58N2/c1-3-5-7-9-11-13-15-17-19-21-33-31-41-39-25-23-36-35(37(39)27-29-43(41)45-33)24-26-40-38(36)28-30-44-42(40)32-34(46-44)22-20-18-16-14-12-10-8-6-4-2/h23-32,45-46H,3-22H2,1-2H3. The maximum atomic E-state index is 3.74. The zero-order valence-electron chi connectivity index (χ0n) is 28.9. The molecule has 244 valence electrons. The van der Waals surface area contributed by atoms with E-state index in [9.17, 15) is 0 Å². The van der Waals surface area contributed by atoms with Crippen molar-refractivity contribution in [3.05, 3.63) is 72.1 Å². The van der Waals surface area contributed by atoms with Gasteiger partial charge in [0.2, 0.25) is 0 Å². The summed E-state index contributed by atoms with van der Waals surface area (Å²) in [6.07, 6.45) is 27.1. The van der Waals surface area contributed by atoms with E-state index in [1.54, 1.807) is 0 Å². The largest absolute Gasteiger partial charge is 0.358 e. The van der Waals surface area contributed by atoms with E-state index in [-0.39, 0.29) is 0 Å². The molecule has 2 aromatic heterocycles. The summed E-state index contributed by atoms with van der Waals surface area (Å²) in [6.45, 7) is 4.59. The molecule has 0 aliphatic rings. The number of rotatable bonds is 20. The lowest BCUT2D eigenvalue weighted by Crippen LogP contribution is -1.86. The van der Waals surface area contributed by atoms with Gasteiger partial charge in [-0.1, -0.05) is 153 Å². The van der Waals surface area contributed by atoms with Gasteiger partial charge in [0, 0.05) is 33.2 Å². The monoisotopic (exact) mass is 614 g/mol. The molecule has 0 amide bonds. The van der Waals surface area contributed by atoms with Crippen LogP contribution in [0.15, 0.2) is 60.7 Å². The Morgan fingerprint density at radius 3 is 0.957 bits per heavy atom. The highest BCUT2D eigenvalue weighted by Crippen LogP contribution is 2.37. The van der Waals surface area contributed by atoms with E-state index in [4.69, 9.17) is 0 Å². The highest BCUT2D eigenvalue weighted by atomic mass is 14.7. The van der Waals surface area contributed by atoms with Crippen molar-refractivity contribution < 1.29 is 0 Å². The van der Waals surface area contributed by atoms with Gasteiger partial charge in [-0.2, -0.15) is 0 Å². The van der Waals surface area contributed by atoms with E-state index in [0.717, 1.165) is 12.8 Å². The Hall–Kier alpha value is -3.26. The highest BCUT2D eigenvalue weighted by Gasteiger charge is 2.12. The number of aryl methyl sites for hydroxylation is 2. The van der Waals surface area contributed by atoms with Crippen molar-refractivity contribution in [3.8, 4) is 0 Å². The molecule has 46 heavy (non-hydrogen) atoms. The molecule has 0 unspecified atom stereocenters. The minimum atomic E-state index is 1.15. The molecular weight excluding hydrogens is 556 g/mol. The normalized spacial score (nSPS) is 12.1. The lowest BCUT2D eigenvalue weighted by molar-refractivity contribution is 0.564. The molecule has 0 aliphatic carbocycles. The summed E-state index contributed by atoms with van der Waals surface area (Å²) in [6, 6.07) is 23.6. The Kier molecular flexibility index (Phi) is 11.7. The quantitative estimate of drug-likeness (QED) is 0.0633. The molecule has 0 aliphatic heterocycles. The molecule has 2 nitrogen and oxygen atoms in total. The minimum Gasteiger partial charge on any atom is -0.358 e. The molecule has 0 saturated heterocycles. The number of hydrogen-bond donors (Lipinski definition) is 2. The molecule has 6 rings (SSSR count). The average Bonchev–Trinajstić information content (AvgIpc) is 3.70. The van der Waals surface area contributed by atoms with E-state index < -0.39 is 0 Å². The van der Waals surface area contributed by atoms with Gasteiger partial charge >= 0.3 is 0 Å². The van der Waals surface area contributed by atoms with Crippen molar-refractivity contribution in [2.75, 3.05) is 0 Å². The summed E-state index contributed by atoms with van der Waals surface area (Å²) in [5, 5.41) is 10.9. The van der Waals surface area contributed by atoms with Crippen molar-refractivity contribution in [2.45, 2.75) is 142 Å². The van der Waals surface area contributed by atoms with Crippen molar-refractivity contribution in [3.63, 3.8) is 0 Å². The van der Waals surface area contributed by atoms with Crippen LogP contribution in [0.2, 0.25) is 0 Å². The van der Waals surface area contributed by atoms with Gasteiger partial charge in [0.05, 0.1) is 0 Å². The zero-order chi connectivity index (χ0) is 31.6. The molecule has 6 aromatic rings. The Bertz CT molecular complexity index is 1700. The second-order valence-electron chi connectivity index (χ2n) is 14.2. The van der Waals surface area contributed by atoms with Crippen molar-refractivity contribution in [2.24, 2.45) is 0 Å². The fraction of sp³-hybridized carbons (Fsp3) is 0.500. The van der Waals surface area contributed by atoms with Crippen LogP contribution in [-0.4, -0.2) is 9.97 Å². The summed E-state index contributed by atoms with van der Waals surface area (Å²) in [7, 11) is 0. The number of unbranched alkanes of at least 4 members (excludes halogenated alkanes) is 16. The Balaban J connectivity index is 1.11. The van der Waals surface area contributed by atoms with E-state index in [0.29, 0.717) is 0 Å². The van der Waals surface area contributed by atoms with Crippen LogP contribution in [0.3, 0.4) is 0 Å². The molecule has 2 N–H and O–H groups in total. The molecule has 0 fully saturated rings. The van der Waals surface area contributed by atoms with Crippen LogP contribution in [-0.2, 0) is 12.8 Å². The van der Waals surface area contributed by atoms with E-state index in [2.05, 4.69) is 84.5 Å². The summed E-state index contributed by atoms with van der Waals surface area (Å²) >= 11 is 0. The van der Waals surface area contributed by atoms with Crippen molar-refractivity contribution >= 4 is 54.1 Å². The van der Waals surface area contributed by atoms with Crippen LogP contribution >= 0.6 is 0 Å². The summed E-state index contributed by atoms with van der Waals surface area (Å²) in [4.78, 5) is 7.49. The molecule has 0 bridgehead atoms. The lowest BCUT2D eigenvalue weighted by Gasteiger charge is -2.09. The Labute approximate surface area is 277 Å². The SMILES string of the molecule is CCCCCCCCCCCc1cc2c(ccc3c2ccc2c4ccc5[nH]c(CCCCCCCCCCC)cc5c4ccc32)[nH]1. The van der Waals surface area contributed by atoms with Gasteiger partial charge in [-0.05, 0) is 82.3 Å². The van der Waals surface area contributed by atoms with Gasteiger partial charge in [0.25, 0.3) is 0 Å². The van der Waals surface area contributed by atoms with Gasteiger partial charge in [-0.3, -0.25) is 0 Å². The number of hydrogen-bond acceptors (Lipinski definition) is 0. The van der Waals surface area contributed by atoms with Gasteiger partial charge in [0.1, 0.15) is 0 Å².